The highest BCUT2D eigenvalue weighted by molar-refractivity contribution is 8.23. The molecule has 0 N–H and O–H groups in total. The van der Waals surface area contributed by atoms with E-state index in [0.717, 1.165) is 11.8 Å². The molecule has 1 atom stereocenters. The molecule has 0 aliphatic carbocycles. The molecule has 0 rings (SSSR count). The van der Waals surface area contributed by atoms with E-state index in [9.17, 15) is 9.59 Å². The number of thioether (sulfide) groups is 1. The number of thiocarbonyl (C=S) groups is 1. The third kappa shape index (κ3) is 8.23. The lowest BCUT2D eigenvalue weighted by Gasteiger charge is -2.25. The van der Waals surface area contributed by atoms with Crippen molar-refractivity contribution in [3.8, 4) is 0 Å². The lowest BCUT2D eigenvalue weighted by atomic mass is 10.1. The van der Waals surface area contributed by atoms with E-state index >= 15 is 0 Å². The molecule has 0 fully saturated rings. The minimum Gasteiger partial charge on any atom is -0.476 e. The van der Waals surface area contributed by atoms with E-state index in [1.54, 1.807) is 27.9 Å². The first-order valence-corrected chi connectivity index (χ1v) is 7.79. The van der Waals surface area contributed by atoms with Gasteiger partial charge in [-0.2, -0.15) is 0 Å². The average Bonchev–Trinajstić information content (AvgIpc) is 2.39. The summed E-state index contributed by atoms with van der Waals surface area (Å²) in [6.45, 7) is 6.10. The van der Waals surface area contributed by atoms with Crippen LogP contribution in [0.5, 0.6) is 0 Å². The second kappa shape index (κ2) is 10.8. The predicted molar refractivity (Wildman–Crippen MR) is 84.3 cm³/mol. The number of hydrogen-bond donors (Lipinski definition) is 0. The van der Waals surface area contributed by atoms with Crippen molar-refractivity contribution in [3.63, 3.8) is 0 Å². The quantitative estimate of drug-likeness (QED) is 0.359. The van der Waals surface area contributed by atoms with Gasteiger partial charge < -0.3 is 18.9 Å². The van der Waals surface area contributed by atoms with Crippen molar-refractivity contribution in [3.05, 3.63) is 0 Å². The van der Waals surface area contributed by atoms with Gasteiger partial charge in [0.2, 0.25) is 4.38 Å². The van der Waals surface area contributed by atoms with Crippen LogP contribution < -0.4 is 0 Å². The zero-order chi connectivity index (χ0) is 16.3. The van der Waals surface area contributed by atoms with E-state index in [1.165, 1.54) is 0 Å². The average molecular weight is 338 g/mol. The number of methoxy groups -OCH3 is 1. The Balaban J connectivity index is 4.75. The molecule has 0 amide bonds. The number of rotatable bonds is 9. The van der Waals surface area contributed by atoms with Crippen LogP contribution in [0.15, 0.2) is 0 Å². The van der Waals surface area contributed by atoms with E-state index in [0.29, 0.717) is 6.61 Å². The van der Waals surface area contributed by atoms with Gasteiger partial charge >= 0.3 is 11.9 Å². The molecule has 1 unspecified atom stereocenters. The van der Waals surface area contributed by atoms with Crippen LogP contribution in [0.2, 0.25) is 0 Å². The molecule has 0 saturated carbocycles. The maximum atomic E-state index is 12.1. The molecule has 21 heavy (non-hydrogen) atoms. The number of esters is 2. The Labute approximate surface area is 134 Å². The van der Waals surface area contributed by atoms with Gasteiger partial charge in [0.1, 0.15) is 11.4 Å². The first kappa shape index (κ1) is 20.1. The van der Waals surface area contributed by atoms with E-state index in [-0.39, 0.29) is 30.6 Å². The molecule has 0 bridgehead atoms. The Morgan fingerprint density at radius 2 is 1.71 bits per heavy atom. The van der Waals surface area contributed by atoms with E-state index < -0.39 is 16.7 Å². The molecule has 0 aromatic carbocycles. The summed E-state index contributed by atoms with van der Waals surface area (Å²) >= 11 is 6.04. The minimum atomic E-state index is -1.17. The maximum Gasteiger partial charge on any atom is 0.323 e. The zero-order valence-electron chi connectivity index (χ0n) is 12.8. The van der Waals surface area contributed by atoms with Gasteiger partial charge in [-0.3, -0.25) is 9.59 Å². The summed E-state index contributed by atoms with van der Waals surface area (Å²) in [5.41, 5.74) is 0. The molecule has 122 valence electrons. The Bertz CT molecular complexity index is 361. The molecule has 8 heteroatoms. The molecule has 0 aromatic rings. The van der Waals surface area contributed by atoms with E-state index in [1.807, 2.05) is 0 Å². The summed E-state index contributed by atoms with van der Waals surface area (Å²) < 4.78 is 19.0. The normalized spacial score (nSPS) is 13.1. The summed E-state index contributed by atoms with van der Waals surface area (Å²) in [5.74, 6) is -1.01. The Morgan fingerprint density at radius 1 is 1.10 bits per heavy atom. The number of carbonyl (C=O) groups excluding carboxylic acids is 2. The van der Waals surface area contributed by atoms with Crippen molar-refractivity contribution >= 4 is 40.3 Å². The fourth-order valence-electron chi connectivity index (χ4n) is 1.34. The largest absolute Gasteiger partial charge is 0.476 e. The third-order valence-electron chi connectivity index (χ3n) is 2.31. The van der Waals surface area contributed by atoms with Crippen LogP contribution >= 0.6 is 24.0 Å². The smallest absolute Gasteiger partial charge is 0.323 e. The van der Waals surface area contributed by atoms with Crippen molar-refractivity contribution in [1.82, 2.24) is 0 Å². The highest BCUT2D eigenvalue weighted by atomic mass is 32.2. The third-order valence-corrected chi connectivity index (χ3v) is 3.72. The van der Waals surface area contributed by atoms with Gasteiger partial charge in [-0.1, -0.05) is 11.8 Å². The summed E-state index contributed by atoms with van der Waals surface area (Å²) in [6.07, 6.45) is -0.141. The predicted octanol–water partition coefficient (Wildman–Crippen LogP) is 1.94. The van der Waals surface area contributed by atoms with Gasteiger partial charge in [-0.15, -0.1) is 0 Å². The van der Waals surface area contributed by atoms with Gasteiger partial charge in [0.05, 0.1) is 26.2 Å². The monoisotopic (exact) mass is 338 g/mol. The van der Waals surface area contributed by atoms with Gasteiger partial charge in [-0.25, -0.2) is 0 Å². The second-order valence-electron chi connectivity index (χ2n) is 4.13. The fourth-order valence-corrected chi connectivity index (χ4v) is 2.82. The fraction of sp³-hybridized carbons (Fsp3) is 0.769. The van der Waals surface area contributed by atoms with Crippen LogP contribution in [-0.4, -0.2) is 54.6 Å². The van der Waals surface area contributed by atoms with E-state index in [4.69, 9.17) is 31.2 Å². The summed E-state index contributed by atoms with van der Waals surface area (Å²) in [4.78, 5) is 23.7. The molecule has 0 heterocycles. The Morgan fingerprint density at radius 3 is 2.24 bits per heavy atom. The molecular weight excluding hydrogens is 316 g/mol. The standard InChI is InChI=1S/C13H22O6S2/c1-5-17-10(14)9-13(3,11(15)18-6-2)21-12(20)19-8-7-16-4/h5-9H2,1-4H3. The minimum absolute atomic E-state index is 0.141. The zero-order valence-corrected chi connectivity index (χ0v) is 14.4. The van der Waals surface area contributed by atoms with Gasteiger partial charge in [-0.05, 0) is 33.0 Å². The van der Waals surface area contributed by atoms with Crippen molar-refractivity contribution < 1.29 is 28.5 Å². The Kier molecular flexibility index (Phi) is 10.4. The van der Waals surface area contributed by atoms with Gasteiger partial charge in [0.25, 0.3) is 0 Å². The lowest BCUT2D eigenvalue weighted by Crippen LogP contribution is -2.38. The summed E-state index contributed by atoms with van der Waals surface area (Å²) in [6, 6.07) is 0. The number of ether oxygens (including phenoxy) is 4. The van der Waals surface area contributed by atoms with Crippen LogP contribution in [0.4, 0.5) is 0 Å². The molecule has 6 nitrogen and oxygen atoms in total. The van der Waals surface area contributed by atoms with Crippen molar-refractivity contribution in [1.29, 1.82) is 0 Å². The van der Waals surface area contributed by atoms with Crippen LogP contribution in [0.1, 0.15) is 27.2 Å². The molecule has 0 aliphatic rings. The van der Waals surface area contributed by atoms with Crippen molar-refractivity contribution in [2.75, 3.05) is 33.5 Å². The first-order valence-electron chi connectivity index (χ1n) is 6.57. The highest BCUT2D eigenvalue weighted by Gasteiger charge is 2.40. The number of carbonyl (C=O) groups is 2. The van der Waals surface area contributed by atoms with Crippen molar-refractivity contribution in [2.45, 2.75) is 31.9 Å². The van der Waals surface area contributed by atoms with E-state index in [2.05, 4.69) is 0 Å². The Hall–Kier alpha value is -0.860. The first-order chi connectivity index (χ1) is 9.89. The molecule has 0 aliphatic heterocycles. The maximum absolute atomic E-state index is 12.1. The van der Waals surface area contributed by atoms with Crippen molar-refractivity contribution in [2.24, 2.45) is 0 Å². The summed E-state index contributed by atoms with van der Waals surface area (Å²) in [7, 11) is 1.54. The molecule has 0 radical (unpaired) electrons. The molecule has 0 spiro atoms. The molecule has 0 saturated heterocycles. The molecular formula is C13H22O6S2. The van der Waals surface area contributed by atoms with Crippen LogP contribution in [0.25, 0.3) is 0 Å². The van der Waals surface area contributed by atoms with Crippen LogP contribution in [0, 0.1) is 0 Å². The second-order valence-corrected chi connectivity index (χ2v) is 6.23. The summed E-state index contributed by atoms with van der Waals surface area (Å²) in [5, 5.41) is 0. The SMILES string of the molecule is CCOC(=O)CC(C)(SC(=S)OCCOC)C(=O)OCC. The lowest BCUT2D eigenvalue weighted by molar-refractivity contribution is -0.152. The highest BCUT2D eigenvalue weighted by Crippen LogP contribution is 2.32. The van der Waals surface area contributed by atoms with Crippen LogP contribution in [0.3, 0.4) is 0 Å². The van der Waals surface area contributed by atoms with Gasteiger partial charge in [0, 0.05) is 7.11 Å². The van der Waals surface area contributed by atoms with Gasteiger partial charge in [0.15, 0.2) is 0 Å². The van der Waals surface area contributed by atoms with Crippen LogP contribution in [-0.2, 0) is 28.5 Å². The number of hydrogen-bond acceptors (Lipinski definition) is 8. The molecule has 0 aromatic heterocycles. The topological polar surface area (TPSA) is 71.1 Å².